The molecule has 0 aliphatic heterocycles. The topological polar surface area (TPSA) is 42.1 Å². The molecular weight excluding hydrogens is 218 g/mol. The Kier molecular flexibility index (Phi) is 4.24. The van der Waals surface area contributed by atoms with E-state index in [9.17, 15) is 0 Å². The number of rotatable bonds is 4. The van der Waals surface area contributed by atoms with Gasteiger partial charge in [0.1, 0.15) is 10.8 Å². The van der Waals surface area contributed by atoms with E-state index in [0.29, 0.717) is 11.0 Å². The summed E-state index contributed by atoms with van der Waals surface area (Å²) in [4.78, 5) is 7.06. The van der Waals surface area contributed by atoms with E-state index in [1.54, 1.807) is 0 Å². The van der Waals surface area contributed by atoms with Crippen LogP contribution in [0, 0.1) is 6.92 Å². The molecule has 0 aliphatic carbocycles. The standard InChI is InChI=1S/C12H19N3S/c1-5-9(3)15(4)11-7-10(12(13)16)6-8(2)14-11/h6-7,9H,5H2,1-4H3,(H2,13,16). The molecule has 0 aromatic carbocycles. The third kappa shape index (κ3) is 2.92. The van der Waals surface area contributed by atoms with E-state index < -0.39 is 0 Å². The molecule has 1 aromatic rings. The molecule has 0 saturated carbocycles. The lowest BCUT2D eigenvalue weighted by molar-refractivity contribution is 0.656. The Morgan fingerprint density at radius 1 is 1.56 bits per heavy atom. The summed E-state index contributed by atoms with van der Waals surface area (Å²) < 4.78 is 0. The van der Waals surface area contributed by atoms with Crippen molar-refractivity contribution in [2.45, 2.75) is 33.2 Å². The Morgan fingerprint density at radius 2 is 2.19 bits per heavy atom. The molecule has 0 fully saturated rings. The van der Waals surface area contributed by atoms with Gasteiger partial charge in [0.05, 0.1) is 0 Å². The predicted molar refractivity (Wildman–Crippen MR) is 73.0 cm³/mol. The van der Waals surface area contributed by atoms with Gasteiger partial charge in [-0.05, 0) is 32.4 Å². The average Bonchev–Trinajstić information content (AvgIpc) is 2.26. The number of nitrogens with zero attached hydrogens (tertiary/aromatic N) is 2. The average molecular weight is 237 g/mol. The molecule has 1 unspecified atom stereocenters. The minimum absolute atomic E-state index is 0.421. The van der Waals surface area contributed by atoms with Crippen LogP contribution in [0.5, 0.6) is 0 Å². The Hall–Kier alpha value is -1.16. The molecule has 3 nitrogen and oxygen atoms in total. The number of anilines is 1. The fourth-order valence-corrected chi connectivity index (χ4v) is 1.59. The molecule has 88 valence electrons. The van der Waals surface area contributed by atoms with Gasteiger partial charge in [-0.2, -0.15) is 0 Å². The Morgan fingerprint density at radius 3 is 2.69 bits per heavy atom. The van der Waals surface area contributed by atoms with Crippen LogP contribution >= 0.6 is 12.2 Å². The minimum atomic E-state index is 0.421. The predicted octanol–water partition coefficient (Wildman–Crippen LogP) is 2.26. The van der Waals surface area contributed by atoms with Crippen molar-refractivity contribution in [3.05, 3.63) is 23.4 Å². The molecule has 16 heavy (non-hydrogen) atoms. The highest BCUT2D eigenvalue weighted by molar-refractivity contribution is 7.80. The fraction of sp³-hybridized carbons (Fsp3) is 0.500. The van der Waals surface area contributed by atoms with Crippen LogP contribution < -0.4 is 10.6 Å². The van der Waals surface area contributed by atoms with E-state index in [0.717, 1.165) is 23.5 Å². The van der Waals surface area contributed by atoms with Gasteiger partial charge in [0.15, 0.2) is 0 Å². The van der Waals surface area contributed by atoms with Crippen molar-refractivity contribution in [1.82, 2.24) is 4.98 Å². The maximum Gasteiger partial charge on any atom is 0.129 e. The zero-order valence-electron chi connectivity index (χ0n) is 10.3. The zero-order chi connectivity index (χ0) is 12.3. The summed E-state index contributed by atoms with van der Waals surface area (Å²) in [6.45, 7) is 6.28. The van der Waals surface area contributed by atoms with Crippen LogP contribution in [-0.4, -0.2) is 23.1 Å². The highest BCUT2D eigenvalue weighted by Gasteiger charge is 2.11. The SMILES string of the molecule is CCC(C)N(C)c1cc(C(N)=S)cc(C)n1. The number of hydrogen-bond acceptors (Lipinski definition) is 3. The fourth-order valence-electron chi connectivity index (χ4n) is 1.47. The largest absolute Gasteiger partial charge is 0.389 e. The number of hydrogen-bond donors (Lipinski definition) is 1. The summed E-state index contributed by atoms with van der Waals surface area (Å²) in [6, 6.07) is 4.31. The number of aromatic nitrogens is 1. The minimum Gasteiger partial charge on any atom is -0.389 e. The molecule has 1 aromatic heterocycles. The Balaban J connectivity index is 3.09. The van der Waals surface area contributed by atoms with Crippen molar-refractivity contribution in [2.24, 2.45) is 5.73 Å². The molecule has 4 heteroatoms. The van der Waals surface area contributed by atoms with Gasteiger partial charge in [0.2, 0.25) is 0 Å². The van der Waals surface area contributed by atoms with Gasteiger partial charge >= 0.3 is 0 Å². The number of thiocarbonyl (C=S) groups is 1. The molecule has 1 heterocycles. The third-order valence-corrected chi connectivity index (χ3v) is 3.07. The van der Waals surface area contributed by atoms with Crippen molar-refractivity contribution in [3.63, 3.8) is 0 Å². The molecule has 0 bridgehead atoms. The van der Waals surface area contributed by atoms with Gasteiger partial charge in [0, 0.05) is 24.3 Å². The lowest BCUT2D eigenvalue weighted by Gasteiger charge is -2.25. The lowest BCUT2D eigenvalue weighted by Crippen LogP contribution is -2.29. The molecule has 0 radical (unpaired) electrons. The van der Waals surface area contributed by atoms with Crippen LogP contribution in [-0.2, 0) is 0 Å². The van der Waals surface area contributed by atoms with Gasteiger partial charge in [-0.1, -0.05) is 19.1 Å². The number of nitrogens with two attached hydrogens (primary N) is 1. The van der Waals surface area contributed by atoms with E-state index in [1.807, 2.05) is 26.1 Å². The second-order valence-electron chi connectivity index (χ2n) is 4.09. The van der Waals surface area contributed by atoms with Crippen molar-refractivity contribution in [2.75, 3.05) is 11.9 Å². The van der Waals surface area contributed by atoms with Gasteiger partial charge < -0.3 is 10.6 Å². The summed E-state index contributed by atoms with van der Waals surface area (Å²) in [5.74, 6) is 0.928. The highest BCUT2D eigenvalue weighted by atomic mass is 32.1. The third-order valence-electron chi connectivity index (χ3n) is 2.84. The molecular formula is C12H19N3S. The van der Waals surface area contributed by atoms with Gasteiger partial charge in [-0.3, -0.25) is 0 Å². The zero-order valence-corrected chi connectivity index (χ0v) is 11.1. The van der Waals surface area contributed by atoms with E-state index in [-0.39, 0.29) is 0 Å². The molecule has 2 N–H and O–H groups in total. The van der Waals surface area contributed by atoms with Crippen LogP contribution in [0.25, 0.3) is 0 Å². The normalized spacial score (nSPS) is 12.2. The second kappa shape index (κ2) is 5.25. The van der Waals surface area contributed by atoms with Crippen molar-refractivity contribution in [3.8, 4) is 0 Å². The number of aryl methyl sites for hydroxylation is 1. The number of pyridine rings is 1. The van der Waals surface area contributed by atoms with Crippen molar-refractivity contribution < 1.29 is 0 Å². The summed E-state index contributed by atoms with van der Waals surface area (Å²) in [6.07, 6.45) is 1.08. The lowest BCUT2D eigenvalue weighted by atomic mass is 10.2. The van der Waals surface area contributed by atoms with Crippen LogP contribution in [0.2, 0.25) is 0 Å². The second-order valence-corrected chi connectivity index (χ2v) is 4.53. The van der Waals surface area contributed by atoms with Gasteiger partial charge in [0.25, 0.3) is 0 Å². The van der Waals surface area contributed by atoms with E-state index >= 15 is 0 Å². The first-order valence-corrected chi connectivity index (χ1v) is 5.87. The van der Waals surface area contributed by atoms with E-state index in [4.69, 9.17) is 18.0 Å². The molecule has 0 amide bonds. The molecule has 1 atom stereocenters. The van der Waals surface area contributed by atoms with Crippen LogP contribution in [0.15, 0.2) is 12.1 Å². The smallest absolute Gasteiger partial charge is 0.129 e. The summed E-state index contributed by atoms with van der Waals surface area (Å²) in [5.41, 5.74) is 7.47. The first kappa shape index (κ1) is 12.9. The van der Waals surface area contributed by atoms with E-state index in [1.165, 1.54) is 0 Å². The molecule has 0 spiro atoms. The monoisotopic (exact) mass is 237 g/mol. The van der Waals surface area contributed by atoms with E-state index in [2.05, 4.69) is 23.7 Å². The molecule has 1 rings (SSSR count). The van der Waals surface area contributed by atoms with Crippen molar-refractivity contribution >= 4 is 23.0 Å². The summed E-state index contributed by atoms with van der Waals surface area (Å²) >= 11 is 4.99. The first-order valence-electron chi connectivity index (χ1n) is 5.47. The maximum absolute atomic E-state index is 5.65. The van der Waals surface area contributed by atoms with Gasteiger partial charge in [-0.15, -0.1) is 0 Å². The van der Waals surface area contributed by atoms with Crippen LogP contribution in [0.3, 0.4) is 0 Å². The highest BCUT2D eigenvalue weighted by Crippen LogP contribution is 2.17. The van der Waals surface area contributed by atoms with Crippen LogP contribution in [0.4, 0.5) is 5.82 Å². The van der Waals surface area contributed by atoms with Crippen LogP contribution in [0.1, 0.15) is 31.5 Å². The van der Waals surface area contributed by atoms with Gasteiger partial charge in [-0.25, -0.2) is 4.98 Å². The maximum atomic E-state index is 5.65. The van der Waals surface area contributed by atoms with Crippen molar-refractivity contribution in [1.29, 1.82) is 0 Å². The summed E-state index contributed by atoms with van der Waals surface area (Å²) in [7, 11) is 2.04. The Labute approximate surface area is 103 Å². The first-order chi connectivity index (χ1) is 7.45. The Bertz CT molecular complexity index is 390. The molecule has 0 saturated heterocycles. The molecule has 0 aliphatic rings. The summed E-state index contributed by atoms with van der Waals surface area (Å²) in [5, 5.41) is 0. The quantitative estimate of drug-likeness (QED) is 0.816.